The van der Waals surface area contributed by atoms with E-state index in [0.717, 1.165) is 24.0 Å². The Labute approximate surface area is 119 Å². The molecule has 0 aliphatic heterocycles. The van der Waals surface area contributed by atoms with Gasteiger partial charge in [0.15, 0.2) is 0 Å². The average Bonchev–Trinajstić information content (AvgIpc) is 2.43. The van der Waals surface area contributed by atoms with Gasteiger partial charge in [-0.1, -0.05) is 32.0 Å². The number of fused-ring (bicyclic) bond motifs is 1. The molecule has 0 unspecified atom stereocenters. The van der Waals surface area contributed by atoms with Crippen LogP contribution in [0.5, 0.6) is 0 Å². The third-order valence-electron chi connectivity index (χ3n) is 3.20. The van der Waals surface area contributed by atoms with E-state index in [4.69, 9.17) is 0 Å². The Balaban J connectivity index is 2.59. The van der Waals surface area contributed by atoms with E-state index in [2.05, 4.69) is 18.8 Å². The lowest BCUT2D eigenvalue weighted by Crippen LogP contribution is -2.29. The number of anilines is 1. The monoisotopic (exact) mass is 272 g/mol. The standard InChI is InChI=1S/C16H20N2O2/c1-4-18(10-11(2)3)15-13(16(19)20)9-12-7-5-6-8-14(12)17-15/h5-9,11H,4,10H2,1-3H3,(H,19,20). The van der Waals surface area contributed by atoms with Crippen LogP contribution in [-0.2, 0) is 0 Å². The Morgan fingerprint density at radius 1 is 1.35 bits per heavy atom. The van der Waals surface area contributed by atoms with E-state index in [1.807, 2.05) is 36.1 Å². The number of pyridine rings is 1. The molecule has 2 aromatic rings. The Morgan fingerprint density at radius 2 is 2.05 bits per heavy atom. The summed E-state index contributed by atoms with van der Waals surface area (Å²) in [4.78, 5) is 18.1. The van der Waals surface area contributed by atoms with Crippen molar-refractivity contribution in [2.24, 2.45) is 5.92 Å². The minimum atomic E-state index is -0.930. The van der Waals surface area contributed by atoms with Crippen LogP contribution in [0.3, 0.4) is 0 Å². The third kappa shape index (κ3) is 2.90. The molecule has 1 N–H and O–H groups in total. The summed E-state index contributed by atoms with van der Waals surface area (Å²) in [6.07, 6.45) is 0. The fourth-order valence-corrected chi connectivity index (χ4v) is 2.31. The number of aromatic nitrogens is 1. The van der Waals surface area contributed by atoms with Crippen LogP contribution in [0.25, 0.3) is 10.9 Å². The predicted octanol–water partition coefficient (Wildman–Crippen LogP) is 3.42. The molecule has 0 aliphatic rings. The van der Waals surface area contributed by atoms with Gasteiger partial charge in [0, 0.05) is 18.5 Å². The minimum Gasteiger partial charge on any atom is -0.478 e. The molecule has 0 bridgehead atoms. The topological polar surface area (TPSA) is 53.4 Å². The second kappa shape index (κ2) is 5.90. The zero-order chi connectivity index (χ0) is 14.7. The summed E-state index contributed by atoms with van der Waals surface area (Å²) < 4.78 is 0. The number of carbonyl (C=O) groups is 1. The Kier molecular flexibility index (Phi) is 4.23. The molecule has 0 atom stereocenters. The van der Waals surface area contributed by atoms with Crippen molar-refractivity contribution in [2.45, 2.75) is 20.8 Å². The Bertz CT molecular complexity index is 623. The Hall–Kier alpha value is -2.10. The first-order chi connectivity index (χ1) is 9.52. The van der Waals surface area contributed by atoms with Crippen molar-refractivity contribution in [3.8, 4) is 0 Å². The second-order valence-corrected chi connectivity index (χ2v) is 5.29. The molecule has 4 heteroatoms. The number of hydrogen-bond acceptors (Lipinski definition) is 3. The fraction of sp³-hybridized carbons (Fsp3) is 0.375. The highest BCUT2D eigenvalue weighted by molar-refractivity contribution is 5.98. The van der Waals surface area contributed by atoms with E-state index >= 15 is 0 Å². The van der Waals surface area contributed by atoms with Crippen LogP contribution < -0.4 is 4.90 Å². The molecule has 0 saturated heterocycles. The zero-order valence-electron chi connectivity index (χ0n) is 12.1. The summed E-state index contributed by atoms with van der Waals surface area (Å²) in [6.45, 7) is 7.78. The molecule has 0 amide bonds. The zero-order valence-corrected chi connectivity index (χ0v) is 12.1. The van der Waals surface area contributed by atoms with Crippen molar-refractivity contribution in [2.75, 3.05) is 18.0 Å². The van der Waals surface area contributed by atoms with E-state index in [1.54, 1.807) is 6.07 Å². The molecule has 0 saturated carbocycles. The van der Waals surface area contributed by atoms with Crippen LogP contribution in [0, 0.1) is 5.92 Å². The number of aromatic carboxylic acids is 1. The van der Waals surface area contributed by atoms with Gasteiger partial charge < -0.3 is 10.0 Å². The van der Waals surface area contributed by atoms with Crippen molar-refractivity contribution in [1.82, 2.24) is 4.98 Å². The smallest absolute Gasteiger partial charge is 0.339 e. The summed E-state index contributed by atoms with van der Waals surface area (Å²) >= 11 is 0. The van der Waals surface area contributed by atoms with Crippen molar-refractivity contribution in [1.29, 1.82) is 0 Å². The average molecular weight is 272 g/mol. The van der Waals surface area contributed by atoms with Gasteiger partial charge in [-0.25, -0.2) is 9.78 Å². The maximum absolute atomic E-state index is 11.5. The van der Waals surface area contributed by atoms with E-state index in [9.17, 15) is 9.90 Å². The summed E-state index contributed by atoms with van der Waals surface area (Å²) in [6, 6.07) is 9.31. The highest BCUT2D eigenvalue weighted by atomic mass is 16.4. The molecule has 0 spiro atoms. The van der Waals surface area contributed by atoms with Gasteiger partial charge >= 0.3 is 5.97 Å². The molecule has 0 aliphatic carbocycles. The second-order valence-electron chi connectivity index (χ2n) is 5.29. The number of benzene rings is 1. The molecule has 2 rings (SSSR count). The van der Waals surface area contributed by atoms with E-state index in [1.165, 1.54) is 0 Å². The fourth-order valence-electron chi connectivity index (χ4n) is 2.31. The summed E-state index contributed by atoms with van der Waals surface area (Å²) in [5.74, 6) is 0.0812. The van der Waals surface area contributed by atoms with Crippen LogP contribution >= 0.6 is 0 Å². The van der Waals surface area contributed by atoms with E-state index in [0.29, 0.717) is 11.7 Å². The summed E-state index contributed by atoms with van der Waals surface area (Å²) in [5.41, 5.74) is 1.10. The normalized spacial score (nSPS) is 11.0. The number of carboxylic acid groups (broad SMARTS) is 1. The first-order valence-corrected chi connectivity index (χ1v) is 6.91. The van der Waals surface area contributed by atoms with Crippen molar-refractivity contribution in [3.05, 3.63) is 35.9 Å². The maximum Gasteiger partial charge on any atom is 0.339 e. The molecule has 1 aromatic heterocycles. The minimum absolute atomic E-state index is 0.270. The van der Waals surface area contributed by atoms with Gasteiger partial charge in [0.2, 0.25) is 0 Å². The Morgan fingerprint density at radius 3 is 2.65 bits per heavy atom. The van der Waals surface area contributed by atoms with Crippen LogP contribution in [0.1, 0.15) is 31.1 Å². The quantitative estimate of drug-likeness (QED) is 0.906. The SMILES string of the molecule is CCN(CC(C)C)c1nc2ccccc2cc1C(=O)O. The van der Waals surface area contributed by atoms with Gasteiger partial charge in [0.1, 0.15) is 11.4 Å². The van der Waals surface area contributed by atoms with Gasteiger partial charge in [-0.2, -0.15) is 0 Å². The van der Waals surface area contributed by atoms with E-state index in [-0.39, 0.29) is 5.56 Å². The van der Waals surface area contributed by atoms with Crippen molar-refractivity contribution < 1.29 is 9.90 Å². The number of rotatable bonds is 5. The summed E-state index contributed by atoms with van der Waals surface area (Å²) in [5, 5.41) is 10.3. The van der Waals surface area contributed by atoms with Gasteiger partial charge in [-0.3, -0.25) is 0 Å². The van der Waals surface area contributed by atoms with Gasteiger partial charge in [0.05, 0.1) is 5.52 Å². The van der Waals surface area contributed by atoms with Gasteiger partial charge in [-0.05, 0) is 25.0 Å². The van der Waals surface area contributed by atoms with Crippen molar-refractivity contribution in [3.63, 3.8) is 0 Å². The van der Waals surface area contributed by atoms with Crippen LogP contribution in [-0.4, -0.2) is 29.1 Å². The predicted molar refractivity (Wildman–Crippen MR) is 81.4 cm³/mol. The first-order valence-electron chi connectivity index (χ1n) is 6.91. The highest BCUT2D eigenvalue weighted by Gasteiger charge is 2.18. The molecule has 1 aromatic carbocycles. The number of hydrogen-bond donors (Lipinski definition) is 1. The summed E-state index contributed by atoms with van der Waals surface area (Å²) in [7, 11) is 0. The molecule has 20 heavy (non-hydrogen) atoms. The maximum atomic E-state index is 11.5. The third-order valence-corrected chi connectivity index (χ3v) is 3.20. The molecule has 106 valence electrons. The number of para-hydroxylation sites is 1. The lowest BCUT2D eigenvalue weighted by atomic mass is 10.1. The lowest BCUT2D eigenvalue weighted by Gasteiger charge is -2.25. The first kappa shape index (κ1) is 14.3. The highest BCUT2D eigenvalue weighted by Crippen LogP contribution is 2.24. The molecule has 0 fully saturated rings. The van der Waals surface area contributed by atoms with Gasteiger partial charge in [0.25, 0.3) is 0 Å². The lowest BCUT2D eigenvalue weighted by molar-refractivity contribution is 0.0697. The van der Waals surface area contributed by atoms with Gasteiger partial charge in [-0.15, -0.1) is 0 Å². The van der Waals surface area contributed by atoms with Crippen LogP contribution in [0.15, 0.2) is 30.3 Å². The molecule has 4 nitrogen and oxygen atoms in total. The van der Waals surface area contributed by atoms with Crippen LogP contribution in [0.2, 0.25) is 0 Å². The number of nitrogens with zero attached hydrogens (tertiary/aromatic N) is 2. The van der Waals surface area contributed by atoms with Crippen molar-refractivity contribution >= 4 is 22.7 Å². The molecule has 1 heterocycles. The largest absolute Gasteiger partial charge is 0.478 e. The molecular formula is C16H20N2O2. The number of carboxylic acids is 1. The molecular weight excluding hydrogens is 252 g/mol. The molecule has 0 radical (unpaired) electrons. The van der Waals surface area contributed by atoms with Crippen LogP contribution in [0.4, 0.5) is 5.82 Å². The van der Waals surface area contributed by atoms with E-state index < -0.39 is 5.97 Å².